The van der Waals surface area contributed by atoms with Crippen LogP contribution in [0.5, 0.6) is 0 Å². The van der Waals surface area contributed by atoms with E-state index in [2.05, 4.69) is 14.8 Å². The molecule has 0 saturated carbocycles. The van der Waals surface area contributed by atoms with Crippen LogP contribution in [0.15, 0.2) is 48.5 Å². The van der Waals surface area contributed by atoms with E-state index in [0.717, 1.165) is 54.0 Å². The molecule has 1 saturated heterocycles. The Balaban J connectivity index is 1.41. The summed E-state index contributed by atoms with van der Waals surface area (Å²) in [5.74, 6) is -0.0535. The molecule has 1 aliphatic rings. The van der Waals surface area contributed by atoms with Crippen LogP contribution in [0.2, 0.25) is 0 Å². The molecular formula is C21H22FN3O. The second-order valence-electron chi connectivity index (χ2n) is 6.83. The van der Waals surface area contributed by atoms with Gasteiger partial charge in [-0.3, -0.25) is 9.69 Å². The molecule has 4 nitrogen and oxygen atoms in total. The van der Waals surface area contributed by atoms with Crippen LogP contribution in [0.25, 0.3) is 10.9 Å². The van der Waals surface area contributed by atoms with Gasteiger partial charge in [-0.15, -0.1) is 0 Å². The number of H-pyrrole nitrogens is 1. The van der Waals surface area contributed by atoms with Gasteiger partial charge in [0, 0.05) is 54.0 Å². The number of para-hydroxylation sites is 1. The number of carbonyl (C=O) groups is 1. The Kier molecular flexibility index (Phi) is 4.47. The van der Waals surface area contributed by atoms with E-state index in [1.165, 1.54) is 12.1 Å². The lowest BCUT2D eigenvalue weighted by molar-refractivity contribution is 0.0927. The fourth-order valence-electron chi connectivity index (χ4n) is 3.73. The van der Waals surface area contributed by atoms with E-state index in [-0.39, 0.29) is 11.6 Å². The van der Waals surface area contributed by atoms with E-state index in [1.54, 1.807) is 0 Å². The van der Waals surface area contributed by atoms with E-state index in [0.29, 0.717) is 6.54 Å². The molecule has 0 bridgehead atoms. The number of piperazine rings is 1. The first-order valence-electron chi connectivity index (χ1n) is 8.95. The quantitative estimate of drug-likeness (QED) is 0.730. The topological polar surface area (TPSA) is 39.3 Å². The summed E-state index contributed by atoms with van der Waals surface area (Å²) < 4.78 is 13.1. The molecule has 2 aromatic carbocycles. The maximum Gasteiger partial charge on any atom is 0.179 e. The van der Waals surface area contributed by atoms with E-state index in [1.807, 2.05) is 43.3 Å². The first-order valence-corrected chi connectivity index (χ1v) is 8.95. The van der Waals surface area contributed by atoms with Gasteiger partial charge in [0.2, 0.25) is 0 Å². The number of aromatic amines is 1. The van der Waals surface area contributed by atoms with Gasteiger partial charge in [-0.1, -0.05) is 18.2 Å². The lowest BCUT2D eigenvalue weighted by atomic mass is 10.1. The maximum absolute atomic E-state index is 13.1. The molecule has 4 rings (SSSR count). The van der Waals surface area contributed by atoms with E-state index in [9.17, 15) is 9.18 Å². The predicted molar refractivity (Wildman–Crippen MR) is 102 cm³/mol. The first-order chi connectivity index (χ1) is 12.6. The number of carbonyl (C=O) groups excluding carboxylic acids is 1. The monoisotopic (exact) mass is 351 g/mol. The second-order valence-corrected chi connectivity index (χ2v) is 6.83. The highest BCUT2D eigenvalue weighted by Gasteiger charge is 2.22. The average Bonchev–Trinajstić information content (AvgIpc) is 2.99. The number of halogens is 1. The standard InChI is InChI=1S/C21H22FN3O/c1-15-21(18-4-2-3-5-19(18)23-15)20(26)14-24-10-12-25(13-11-24)17-8-6-16(22)7-9-17/h2-9,23H,10-14H2,1H3. The zero-order chi connectivity index (χ0) is 18.1. The van der Waals surface area contributed by atoms with Gasteiger partial charge < -0.3 is 9.88 Å². The number of nitrogens with one attached hydrogen (secondary N) is 1. The van der Waals surface area contributed by atoms with Crippen molar-refractivity contribution in [2.75, 3.05) is 37.6 Å². The molecule has 1 aromatic heterocycles. The van der Waals surface area contributed by atoms with Crippen LogP contribution >= 0.6 is 0 Å². The molecule has 26 heavy (non-hydrogen) atoms. The van der Waals surface area contributed by atoms with Gasteiger partial charge in [-0.2, -0.15) is 0 Å². The van der Waals surface area contributed by atoms with Crippen molar-refractivity contribution in [2.45, 2.75) is 6.92 Å². The summed E-state index contributed by atoms with van der Waals surface area (Å²) in [4.78, 5) is 20.6. The number of aryl methyl sites for hydroxylation is 1. The molecular weight excluding hydrogens is 329 g/mol. The number of Topliss-reactive ketones (excluding diaryl/α,β-unsaturated/α-hetero) is 1. The largest absolute Gasteiger partial charge is 0.369 e. The summed E-state index contributed by atoms with van der Waals surface area (Å²) >= 11 is 0. The highest BCUT2D eigenvalue weighted by atomic mass is 19.1. The molecule has 0 radical (unpaired) electrons. The zero-order valence-corrected chi connectivity index (χ0v) is 14.8. The van der Waals surface area contributed by atoms with Crippen LogP contribution in [-0.4, -0.2) is 48.4 Å². The Morgan fingerprint density at radius 2 is 1.73 bits per heavy atom. The van der Waals surface area contributed by atoms with Gasteiger partial charge >= 0.3 is 0 Å². The average molecular weight is 351 g/mol. The smallest absolute Gasteiger partial charge is 0.179 e. The third-order valence-electron chi connectivity index (χ3n) is 5.10. The van der Waals surface area contributed by atoms with Gasteiger partial charge in [-0.25, -0.2) is 4.39 Å². The molecule has 5 heteroatoms. The Bertz CT molecular complexity index is 924. The van der Waals surface area contributed by atoms with Crippen molar-refractivity contribution < 1.29 is 9.18 Å². The summed E-state index contributed by atoms with van der Waals surface area (Å²) in [6, 6.07) is 14.5. The number of benzene rings is 2. The predicted octanol–water partition coefficient (Wildman–Crippen LogP) is 3.62. The van der Waals surface area contributed by atoms with Crippen molar-refractivity contribution in [3.05, 3.63) is 65.6 Å². The molecule has 1 aliphatic heterocycles. The summed E-state index contributed by atoms with van der Waals surface area (Å²) in [5.41, 5.74) is 3.78. The Labute approximate surface area is 152 Å². The van der Waals surface area contributed by atoms with E-state index < -0.39 is 0 Å². The molecule has 1 N–H and O–H groups in total. The molecule has 3 aromatic rings. The SMILES string of the molecule is Cc1[nH]c2ccccc2c1C(=O)CN1CCN(c2ccc(F)cc2)CC1. The van der Waals surface area contributed by atoms with Crippen LogP contribution in [-0.2, 0) is 0 Å². The van der Waals surface area contributed by atoms with Crippen molar-refractivity contribution in [1.82, 2.24) is 9.88 Å². The molecule has 134 valence electrons. The molecule has 2 heterocycles. The minimum Gasteiger partial charge on any atom is -0.369 e. The fourth-order valence-corrected chi connectivity index (χ4v) is 3.73. The highest BCUT2D eigenvalue weighted by Crippen LogP contribution is 2.23. The fraction of sp³-hybridized carbons (Fsp3) is 0.286. The van der Waals surface area contributed by atoms with Crippen LogP contribution < -0.4 is 4.90 Å². The lowest BCUT2D eigenvalue weighted by Gasteiger charge is -2.35. The molecule has 0 amide bonds. The van der Waals surface area contributed by atoms with Gasteiger partial charge in [0.1, 0.15) is 5.82 Å². The van der Waals surface area contributed by atoms with Gasteiger partial charge in [0.25, 0.3) is 0 Å². The number of ketones is 1. The highest BCUT2D eigenvalue weighted by molar-refractivity contribution is 6.10. The maximum atomic E-state index is 13.1. The summed E-state index contributed by atoms with van der Waals surface area (Å²) in [5, 5.41) is 1.000. The van der Waals surface area contributed by atoms with E-state index >= 15 is 0 Å². The molecule has 0 spiro atoms. The number of hydrogen-bond donors (Lipinski definition) is 1. The van der Waals surface area contributed by atoms with Gasteiger partial charge in [-0.05, 0) is 37.3 Å². The lowest BCUT2D eigenvalue weighted by Crippen LogP contribution is -2.48. The minimum atomic E-state index is -0.216. The van der Waals surface area contributed by atoms with Crippen molar-refractivity contribution in [3.63, 3.8) is 0 Å². The molecule has 0 atom stereocenters. The van der Waals surface area contributed by atoms with Crippen molar-refractivity contribution in [2.24, 2.45) is 0 Å². The molecule has 0 unspecified atom stereocenters. The normalized spacial score (nSPS) is 15.5. The number of nitrogens with zero attached hydrogens (tertiary/aromatic N) is 2. The van der Waals surface area contributed by atoms with E-state index in [4.69, 9.17) is 0 Å². The third-order valence-corrected chi connectivity index (χ3v) is 5.10. The van der Waals surface area contributed by atoms with Crippen LogP contribution in [0.3, 0.4) is 0 Å². The number of anilines is 1. The van der Waals surface area contributed by atoms with Crippen molar-refractivity contribution >= 4 is 22.4 Å². The number of hydrogen-bond acceptors (Lipinski definition) is 3. The first kappa shape index (κ1) is 16.8. The van der Waals surface area contributed by atoms with Crippen molar-refractivity contribution in [1.29, 1.82) is 0 Å². The number of aromatic nitrogens is 1. The molecule has 1 fully saturated rings. The van der Waals surface area contributed by atoms with Crippen LogP contribution in [0.1, 0.15) is 16.1 Å². The Morgan fingerprint density at radius 1 is 1.04 bits per heavy atom. The van der Waals surface area contributed by atoms with Gasteiger partial charge in [0.15, 0.2) is 5.78 Å². The van der Waals surface area contributed by atoms with Gasteiger partial charge in [0.05, 0.1) is 6.54 Å². The third kappa shape index (κ3) is 3.22. The Hall–Kier alpha value is -2.66. The van der Waals surface area contributed by atoms with Crippen LogP contribution in [0, 0.1) is 12.7 Å². The molecule has 0 aliphatic carbocycles. The summed E-state index contributed by atoms with van der Waals surface area (Å²) in [7, 11) is 0. The number of rotatable bonds is 4. The zero-order valence-electron chi connectivity index (χ0n) is 14.8. The second kappa shape index (κ2) is 6.92. The van der Waals surface area contributed by atoms with Crippen molar-refractivity contribution in [3.8, 4) is 0 Å². The summed E-state index contributed by atoms with van der Waals surface area (Å²) in [6.45, 7) is 5.71. The minimum absolute atomic E-state index is 0.162. The Morgan fingerprint density at radius 3 is 2.46 bits per heavy atom. The number of fused-ring (bicyclic) bond motifs is 1. The van der Waals surface area contributed by atoms with Crippen LogP contribution in [0.4, 0.5) is 10.1 Å². The summed E-state index contributed by atoms with van der Waals surface area (Å²) in [6.07, 6.45) is 0.